The van der Waals surface area contributed by atoms with Crippen molar-refractivity contribution in [3.05, 3.63) is 28.3 Å². The molecule has 0 amide bonds. The molecule has 1 spiro atoms. The molecule has 3 rings (SSSR count). The summed E-state index contributed by atoms with van der Waals surface area (Å²) < 4.78 is 0. The molecule has 0 unspecified atom stereocenters. The summed E-state index contributed by atoms with van der Waals surface area (Å²) in [6.45, 7) is 6.52. The highest BCUT2D eigenvalue weighted by Gasteiger charge is 2.43. The lowest BCUT2D eigenvalue weighted by molar-refractivity contribution is 0.305. The van der Waals surface area contributed by atoms with Gasteiger partial charge in [-0.15, -0.1) is 5.54 Å². The average molecular weight is 413 g/mol. The Kier molecular flexibility index (Phi) is 5.43. The molecule has 1 aliphatic carbocycles. The maximum Gasteiger partial charge on any atom is 0.220 e. The van der Waals surface area contributed by atoms with E-state index < -0.39 is 13.7 Å². The number of aliphatic imine (C=N–C) groups is 2. The third-order valence-electron chi connectivity index (χ3n) is 4.87. The van der Waals surface area contributed by atoms with Crippen LogP contribution in [0.15, 0.2) is 22.1 Å². The SMILES string of the molecule is C[Si](C)(C)C#Cc1cc(C#N)c(Cl)cc1N1C(N)=NC(N)=NC12CCCCC2. The number of hydrogen-bond acceptors (Lipinski definition) is 6. The Bertz CT molecular complexity index is 952. The van der Waals surface area contributed by atoms with Crippen LogP contribution < -0.4 is 16.4 Å². The minimum Gasteiger partial charge on any atom is -0.369 e. The van der Waals surface area contributed by atoms with Gasteiger partial charge >= 0.3 is 0 Å². The Hall–Kier alpha value is -2.48. The molecule has 1 fully saturated rings. The zero-order valence-corrected chi connectivity index (χ0v) is 18.3. The van der Waals surface area contributed by atoms with Gasteiger partial charge in [0.25, 0.3) is 0 Å². The molecule has 8 heteroatoms. The first-order valence-electron chi connectivity index (χ1n) is 9.42. The zero-order chi connectivity index (χ0) is 20.5. The highest BCUT2D eigenvalue weighted by molar-refractivity contribution is 6.83. The molecule has 146 valence electrons. The lowest BCUT2D eigenvalue weighted by atomic mass is 9.87. The molecule has 28 heavy (non-hydrogen) atoms. The number of guanidine groups is 2. The smallest absolute Gasteiger partial charge is 0.220 e. The van der Waals surface area contributed by atoms with Crippen LogP contribution >= 0.6 is 11.6 Å². The second kappa shape index (κ2) is 7.50. The Morgan fingerprint density at radius 1 is 1.14 bits per heavy atom. The monoisotopic (exact) mass is 412 g/mol. The van der Waals surface area contributed by atoms with Gasteiger partial charge in [-0.25, -0.2) is 4.99 Å². The Balaban J connectivity index is 2.22. The van der Waals surface area contributed by atoms with Gasteiger partial charge < -0.3 is 11.5 Å². The number of rotatable bonds is 1. The maximum absolute atomic E-state index is 9.43. The highest BCUT2D eigenvalue weighted by atomic mass is 35.5. The van der Waals surface area contributed by atoms with Crippen molar-refractivity contribution in [2.75, 3.05) is 4.90 Å². The van der Waals surface area contributed by atoms with Crippen molar-refractivity contribution in [3.8, 4) is 17.5 Å². The van der Waals surface area contributed by atoms with Crippen LogP contribution in [0.3, 0.4) is 0 Å². The zero-order valence-electron chi connectivity index (χ0n) is 16.5. The van der Waals surface area contributed by atoms with Gasteiger partial charge in [0.2, 0.25) is 11.9 Å². The molecule has 1 saturated carbocycles. The summed E-state index contributed by atoms with van der Waals surface area (Å²) in [5, 5.41) is 9.79. The first kappa shape index (κ1) is 20.3. The van der Waals surface area contributed by atoms with Crippen LogP contribution in [0.25, 0.3) is 0 Å². The normalized spacial score (nSPS) is 18.6. The third-order valence-corrected chi connectivity index (χ3v) is 6.06. The summed E-state index contributed by atoms with van der Waals surface area (Å²) in [5.41, 5.74) is 16.9. The van der Waals surface area contributed by atoms with E-state index in [9.17, 15) is 5.26 Å². The summed E-state index contributed by atoms with van der Waals surface area (Å²) >= 11 is 6.38. The van der Waals surface area contributed by atoms with E-state index in [2.05, 4.69) is 42.2 Å². The number of benzene rings is 1. The van der Waals surface area contributed by atoms with Crippen LogP contribution in [0.2, 0.25) is 24.7 Å². The summed E-state index contributed by atoms with van der Waals surface area (Å²) in [5.74, 6) is 3.76. The van der Waals surface area contributed by atoms with Gasteiger partial charge in [-0.3, -0.25) is 4.90 Å². The van der Waals surface area contributed by atoms with E-state index in [4.69, 9.17) is 28.1 Å². The van der Waals surface area contributed by atoms with Crippen molar-refractivity contribution in [1.29, 1.82) is 5.26 Å². The molecule has 0 bridgehead atoms. The lowest BCUT2D eigenvalue weighted by Gasteiger charge is -2.46. The fourth-order valence-corrected chi connectivity index (χ4v) is 4.37. The number of nitrogens with two attached hydrogens (primary N) is 2. The highest BCUT2D eigenvalue weighted by Crippen LogP contribution is 2.41. The van der Waals surface area contributed by atoms with Crippen molar-refractivity contribution in [1.82, 2.24) is 0 Å². The van der Waals surface area contributed by atoms with E-state index in [1.807, 2.05) is 4.90 Å². The van der Waals surface area contributed by atoms with E-state index in [1.165, 1.54) is 0 Å². The molecule has 1 heterocycles. The molecule has 2 aliphatic rings. The van der Waals surface area contributed by atoms with Gasteiger partial charge in [0.05, 0.1) is 16.3 Å². The molecule has 1 aliphatic heterocycles. The van der Waals surface area contributed by atoms with Crippen molar-refractivity contribution in [3.63, 3.8) is 0 Å². The van der Waals surface area contributed by atoms with Crippen LogP contribution in [0.1, 0.15) is 43.2 Å². The molecule has 1 aromatic carbocycles. The number of halogens is 1. The van der Waals surface area contributed by atoms with E-state index in [0.717, 1.165) is 37.8 Å². The van der Waals surface area contributed by atoms with E-state index in [-0.39, 0.29) is 11.9 Å². The minimum atomic E-state index is -1.63. The average Bonchev–Trinajstić information content (AvgIpc) is 2.60. The molecule has 0 atom stereocenters. The third kappa shape index (κ3) is 4.01. The predicted octanol–water partition coefficient (Wildman–Crippen LogP) is 3.55. The van der Waals surface area contributed by atoms with Crippen LogP contribution in [-0.2, 0) is 0 Å². The van der Waals surface area contributed by atoms with Crippen LogP contribution in [0.4, 0.5) is 5.69 Å². The predicted molar refractivity (Wildman–Crippen MR) is 118 cm³/mol. The number of nitriles is 1. The Morgan fingerprint density at radius 2 is 1.82 bits per heavy atom. The summed E-state index contributed by atoms with van der Waals surface area (Å²) in [7, 11) is -1.63. The second-order valence-electron chi connectivity index (χ2n) is 8.28. The first-order chi connectivity index (χ1) is 13.1. The summed E-state index contributed by atoms with van der Waals surface area (Å²) in [6, 6.07) is 5.62. The lowest BCUT2D eigenvalue weighted by Crippen LogP contribution is -2.58. The van der Waals surface area contributed by atoms with Crippen LogP contribution in [-0.4, -0.2) is 25.7 Å². The van der Waals surface area contributed by atoms with Crippen molar-refractivity contribution >= 4 is 37.3 Å². The second-order valence-corrected chi connectivity index (χ2v) is 13.4. The van der Waals surface area contributed by atoms with Crippen LogP contribution in [0, 0.1) is 22.8 Å². The number of hydrogen-bond donors (Lipinski definition) is 2. The number of nitrogens with zero attached hydrogens (tertiary/aromatic N) is 4. The van der Waals surface area contributed by atoms with Crippen molar-refractivity contribution in [2.24, 2.45) is 21.5 Å². The molecular formula is C20H25ClN6Si. The van der Waals surface area contributed by atoms with E-state index in [0.29, 0.717) is 16.1 Å². The molecule has 1 aromatic rings. The van der Waals surface area contributed by atoms with Gasteiger partial charge in [0.15, 0.2) is 0 Å². The minimum absolute atomic E-state index is 0.199. The topological polar surface area (TPSA) is 104 Å². The molecule has 0 saturated heterocycles. The maximum atomic E-state index is 9.43. The largest absolute Gasteiger partial charge is 0.369 e. The molecule has 0 radical (unpaired) electrons. The number of anilines is 1. The fraction of sp³-hybridized carbons (Fsp3) is 0.450. The summed E-state index contributed by atoms with van der Waals surface area (Å²) in [4.78, 5) is 10.8. The van der Waals surface area contributed by atoms with E-state index >= 15 is 0 Å². The molecule has 0 aromatic heterocycles. The quantitative estimate of drug-likeness (QED) is 0.543. The van der Waals surface area contributed by atoms with Gasteiger partial charge in [-0.2, -0.15) is 10.3 Å². The molecule has 6 nitrogen and oxygen atoms in total. The first-order valence-corrected chi connectivity index (χ1v) is 13.3. The fourth-order valence-electron chi connectivity index (χ4n) is 3.66. The molecule has 4 N–H and O–H groups in total. The Labute approximate surface area is 172 Å². The van der Waals surface area contributed by atoms with E-state index in [1.54, 1.807) is 12.1 Å². The van der Waals surface area contributed by atoms with Gasteiger partial charge in [0, 0.05) is 5.56 Å². The Morgan fingerprint density at radius 3 is 2.43 bits per heavy atom. The van der Waals surface area contributed by atoms with Gasteiger partial charge in [-0.05, 0) is 37.8 Å². The molecular weight excluding hydrogens is 388 g/mol. The van der Waals surface area contributed by atoms with Crippen molar-refractivity contribution < 1.29 is 0 Å². The van der Waals surface area contributed by atoms with Crippen LogP contribution in [0.5, 0.6) is 0 Å². The van der Waals surface area contributed by atoms with Gasteiger partial charge in [-0.1, -0.05) is 43.6 Å². The van der Waals surface area contributed by atoms with Gasteiger partial charge in [0.1, 0.15) is 19.8 Å². The standard InChI is InChI=1S/C20H25ClN6Si/c1-28(2,3)10-7-14-11-15(13-22)16(21)12-17(14)27-19(24)25-18(23)26-20(27)8-5-4-6-9-20/h11-12H,4-6,8-9H2,1-3H3,(H4,23,24,25,26). The summed E-state index contributed by atoms with van der Waals surface area (Å²) in [6.07, 6.45) is 4.85. The van der Waals surface area contributed by atoms with Crippen molar-refractivity contribution in [2.45, 2.75) is 57.4 Å².